The van der Waals surface area contributed by atoms with Gasteiger partial charge in [-0.15, -0.1) is 0 Å². The lowest BCUT2D eigenvalue weighted by atomic mass is 9.66. The van der Waals surface area contributed by atoms with Gasteiger partial charge in [-0.05, 0) is 116 Å². The molecule has 56 heavy (non-hydrogen) atoms. The molecule has 4 nitrogen and oxygen atoms in total. The molecule has 4 heteroatoms. The molecule has 0 radical (unpaired) electrons. The molecule has 2 aliphatic rings. The summed E-state index contributed by atoms with van der Waals surface area (Å²) in [4.78, 5) is 0. The fourth-order valence-corrected chi connectivity index (χ4v) is 9.34. The Morgan fingerprint density at radius 1 is 0.411 bits per heavy atom. The van der Waals surface area contributed by atoms with Crippen LogP contribution in [0, 0.1) is 0 Å². The van der Waals surface area contributed by atoms with E-state index in [0.29, 0.717) is 52.9 Å². The molecule has 0 N–H and O–H groups in total. The van der Waals surface area contributed by atoms with Crippen molar-refractivity contribution in [3.8, 4) is 22.3 Å². The summed E-state index contributed by atoms with van der Waals surface area (Å²) in [5.74, 6) is 0. The van der Waals surface area contributed by atoms with Crippen LogP contribution >= 0.6 is 0 Å². The van der Waals surface area contributed by atoms with Crippen molar-refractivity contribution < 1.29 is 18.9 Å². The van der Waals surface area contributed by atoms with Crippen molar-refractivity contribution in [2.24, 2.45) is 0 Å². The maximum absolute atomic E-state index is 6.29. The first-order valence-corrected chi connectivity index (χ1v) is 20.9. The first-order chi connectivity index (χ1) is 27.0. The van der Waals surface area contributed by atoms with Crippen LogP contribution in [0.5, 0.6) is 0 Å². The standard InChI is InChI=1S/C52H62O4/c1-9-53-31-33-55-29-27-51(28-30-56-34-32-54-10-2)45-17-13-11-15-41(45)43-36-48-44(35-47(43)51)42-16-12-14-18-46(42)52(48,39-23-19-37(20-24-39)49(3,4)5)40-25-21-38(22-26-40)50(6,7)8/h11-26,35-36H,9-10,27-34H2,1-8H3. The van der Waals surface area contributed by atoms with E-state index < -0.39 is 5.41 Å². The number of hydrogen-bond donors (Lipinski definition) is 0. The lowest BCUT2D eigenvalue weighted by molar-refractivity contribution is 0.0356. The van der Waals surface area contributed by atoms with Gasteiger partial charge < -0.3 is 18.9 Å². The van der Waals surface area contributed by atoms with Crippen LogP contribution in [0.25, 0.3) is 22.3 Å². The van der Waals surface area contributed by atoms with E-state index in [1.165, 1.54) is 66.8 Å². The van der Waals surface area contributed by atoms with Crippen molar-refractivity contribution in [1.29, 1.82) is 0 Å². The summed E-state index contributed by atoms with van der Waals surface area (Å²) in [5.41, 5.74) is 15.3. The van der Waals surface area contributed by atoms with Crippen LogP contribution in [0.3, 0.4) is 0 Å². The largest absolute Gasteiger partial charge is 0.379 e. The van der Waals surface area contributed by atoms with Crippen molar-refractivity contribution in [2.45, 2.75) is 89.9 Å². The van der Waals surface area contributed by atoms with Crippen molar-refractivity contribution in [3.63, 3.8) is 0 Å². The summed E-state index contributed by atoms with van der Waals surface area (Å²) in [6, 6.07) is 42.3. The molecule has 0 fully saturated rings. The molecular weight excluding hydrogens is 689 g/mol. The Kier molecular flexibility index (Phi) is 11.8. The summed E-state index contributed by atoms with van der Waals surface area (Å²) in [5, 5.41) is 0. The summed E-state index contributed by atoms with van der Waals surface area (Å²) in [6.45, 7) is 22.9. The van der Waals surface area contributed by atoms with Gasteiger partial charge in [0.1, 0.15) is 0 Å². The summed E-state index contributed by atoms with van der Waals surface area (Å²) >= 11 is 0. The van der Waals surface area contributed by atoms with E-state index in [1.54, 1.807) is 0 Å². The number of fused-ring (bicyclic) bond motifs is 6. The Bertz CT molecular complexity index is 2020. The Morgan fingerprint density at radius 3 is 1.30 bits per heavy atom. The molecule has 0 saturated heterocycles. The maximum Gasteiger partial charge on any atom is 0.0713 e. The third-order valence-electron chi connectivity index (χ3n) is 12.3. The molecule has 0 atom stereocenters. The van der Waals surface area contributed by atoms with Crippen LogP contribution in [0.1, 0.15) is 113 Å². The van der Waals surface area contributed by atoms with Gasteiger partial charge in [0.25, 0.3) is 0 Å². The van der Waals surface area contributed by atoms with Crippen LogP contribution in [0.2, 0.25) is 0 Å². The highest BCUT2D eigenvalue weighted by Crippen LogP contribution is 2.61. The second-order valence-electron chi connectivity index (χ2n) is 17.6. The van der Waals surface area contributed by atoms with E-state index in [-0.39, 0.29) is 16.2 Å². The van der Waals surface area contributed by atoms with E-state index in [4.69, 9.17) is 18.9 Å². The van der Waals surface area contributed by atoms with Crippen molar-refractivity contribution in [3.05, 3.63) is 154 Å². The molecule has 0 bridgehead atoms. The summed E-state index contributed by atoms with van der Waals surface area (Å²) in [7, 11) is 0. The predicted molar refractivity (Wildman–Crippen MR) is 231 cm³/mol. The highest BCUT2D eigenvalue weighted by molar-refractivity contribution is 5.92. The van der Waals surface area contributed by atoms with Gasteiger partial charge in [0.2, 0.25) is 0 Å². The zero-order chi connectivity index (χ0) is 39.6. The molecule has 0 heterocycles. The SMILES string of the molecule is CCOCCOCCC1(CCOCCOCC)c2ccccc2-c2cc3c(cc21)-c1ccccc1C3(c1ccc(C(C)(C)C)cc1)c1ccc(C(C)(C)C)cc1. The van der Waals surface area contributed by atoms with Crippen LogP contribution in [0.4, 0.5) is 0 Å². The highest BCUT2D eigenvalue weighted by Gasteiger charge is 2.50. The second kappa shape index (κ2) is 16.4. The molecule has 0 amide bonds. The quantitative estimate of drug-likeness (QED) is 0.0923. The first kappa shape index (κ1) is 40.1. The topological polar surface area (TPSA) is 36.9 Å². The third-order valence-corrected chi connectivity index (χ3v) is 12.3. The van der Waals surface area contributed by atoms with Gasteiger partial charge in [-0.1, -0.05) is 139 Å². The predicted octanol–water partition coefficient (Wildman–Crippen LogP) is 11.8. The van der Waals surface area contributed by atoms with Gasteiger partial charge in [0, 0.05) is 31.8 Å². The Hall–Kier alpha value is -4.06. The van der Waals surface area contributed by atoms with Gasteiger partial charge in [0.15, 0.2) is 0 Å². The molecule has 0 unspecified atom stereocenters. The molecule has 0 saturated carbocycles. The molecule has 0 aromatic heterocycles. The minimum atomic E-state index is -0.501. The van der Waals surface area contributed by atoms with Crippen molar-refractivity contribution in [2.75, 3.05) is 52.9 Å². The normalized spacial score (nSPS) is 15.0. The van der Waals surface area contributed by atoms with E-state index in [9.17, 15) is 0 Å². The average Bonchev–Trinajstić information content (AvgIpc) is 3.63. The monoisotopic (exact) mass is 750 g/mol. The van der Waals surface area contributed by atoms with Gasteiger partial charge in [0.05, 0.1) is 31.8 Å². The number of benzene rings is 5. The van der Waals surface area contributed by atoms with Crippen molar-refractivity contribution in [1.82, 2.24) is 0 Å². The fourth-order valence-electron chi connectivity index (χ4n) is 9.34. The lowest BCUT2D eigenvalue weighted by Crippen LogP contribution is -2.30. The number of rotatable bonds is 16. The molecule has 5 aromatic rings. The van der Waals surface area contributed by atoms with E-state index in [1.807, 2.05) is 13.8 Å². The second-order valence-corrected chi connectivity index (χ2v) is 17.6. The molecule has 5 aromatic carbocycles. The summed E-state index contributed by atoms with van der Waals surface area (Å²) < 4.78 is 23.8. The Labute approximate surface area is 336 Å². The average molecular weight is 751 g/mol. The molecule has 0 spiro atoms. The Balaban J connectivity index is 1.44. The Morgan fingerprint density at radius 2 is 0.821 bits per heavy atom. The van der Waals surface area contributed by atoms with Gasteiger partial charge in [-0.25, -0.2) is 0 Å². The van der Waals surface area contributed by atoms with Gasteiger partial charge in [-0.2, -0.15) is 0 Å². The fraction of sp³-hybridized carbons (Fsp3) is 0.423. The first-order valence-electron chi connectivity index (χ1n) is 20.9. The van der Waals surface area contributed by atoms with E-state index >= 15 is 0 Å². The van der Waals surface area contributed by atoms with Crippen LogP contribution < -0.4 is 0 Å². The van der Waals surface area contributed by atoms with E-state index in [0.717, 1.165) is 12.8 Å². The molecule has 294 valence electrons. The zero-order valence-electron chi connectivity index (χ0n) is 35.1. The highest BCUT2D eigenvalue weighted by atomic mass is 16.5. The minimum absolute atomic E-state index is 0.0544. The lowest BCUT2D eigenvalue weighted by Gasteiger charge is -2.36. The molecular formula is C52H62O4. The third kappa shape index (κ3) is 7.31. The molecule has 2 aliphatic carbocycles. The molecule has 7 rings (SSSR count). The van der Waals surface area contributed by atoms with Crippen LogP contribution in [-0.4, -0.2) is 52.9 Å². The summed E-state index contributed by atoms with van der Waals surface area (Å²) in [6.07, 6.45) is 1.71. The minimum Gasteiger partial charge on any atom is -0.379 e. The smallest absolute Gasteiger partial charge is 0.0713 e. The number of hydrogen-bond acceptors (Lipinski definition) is 4. The van der Waals surface area contributed by atoms with Gasteiger partial charge in [-0.3, -0.25) is 0 Å². The van der Waals surface area contributed by atoms with Crippen LogP contribution in [-0.2, 0) is 40.6 Å². The van der Waals surface area contributed by atoms with Crippen molar-refractivity contribution >= 4 is 0 Å². The zero-order valence-corrected chi connectivity index (χ0v) is 35.1. The number of ether oxygens (including phenoxy) is 4. The van der Waals surface area contributed by atoms with Gasteiger partial charge >= 0.3 is 0 Å². The van der Waals surface area contributed by atoms with Crippen LogP contribution in [0.15, 0.2) is 109 Å². The van der Waals surface area contributed by atoms with E-state index in [2.05, 4.69) is 151 Å². The molecule has 0 aliphatic heterocycles. The maximum atomic E-state index is 6.29.